The third-order valence-corrected chi connectivity index (χ3v) is 11.8. The number of carbonyl (C=O) groups excluding carboxylic acids is 8. The summed E-state index contributed by atoms with van der Waals surface area (Å²) in [7, 11) is 0. The van der Waals surface area contributed by atoms with Gasteiger partial charge in [-0.1, -0.05) is 6.92 Å². The molecule has 1 saturated heterocycles. The third kappa shape index (κ3) is 7.59. The zero-order valence-electron chi connectivity index (χ0n) is 34.7. The van der Waals surface area contributed by atoms with E-state index in [0.717, 1.165) is 47.8 Å². The molecule has 2 aliphatic heterocycles. The molecule has 0 amide bonds. The molecule has 4 aliphatic rings. The highest BCUT2D eigenvalue weighted by Crippen LogP contribution is 2.70. The molecular formula is C41H47NO19. The molecule has 0 aromatic carbocycles. The first-order valence-electron chi connectivity index (χ1n) is 19.4. The highest BCUT2D eigenvalue weighted by molar-refractivity contribution is 5.90. The maximum absolute atomic E-state index is 14.3. The van der Waals surface area contributed by atoms with Crippen LogP contribution in [0.4, 0.5) is 0 Å². The highest BCUT2D eigenvalue weighted by Gasteiger charge is 2.92. The molecule has 12 atom stereocenters. The highest BCUT2D eigenvalue weighted by atomic mass is 16.7. The van der Waals surface area contributed by atoms with Gasteiger partial charge < -0.3 is 52.2 Å². The number of cyclic esters (lactones) is 1. The van der Waals surface area contributed by atoms with E-state index in [2.05, 4.69) is 4.98 Å². The largest absolute Gasteiger partial charge is 0.465 e. The van der Waals surface area contributed by atoms with E-state index in [0.29, 0.717) is 0 Å². The molecule has 4 bridgehead atoms. The molecular weight excluding hydrogens is 810 g/mol. The monoisotopic (exact) mass is 857 g/mol. The summed E-state index contributed by atoms with van der Waals surface area (Å²) in [5.74, 6) is -11.3. The standard InChI is InChI=1S/C41H47NO19/c1-19-13-14-26-25(11-9-15-42-26)36(49)54-17-38(7)28-29(55-21(3)44)33(57-23(5)46)40(18-53-20(2)43)34(58-24(6)47)30(59-37(50)27-12-10-16-52-27)32(60-35(19)48)39(8,51)41(40,61-38)31(28)56-22(4)45/h9-12,15-16,19,28-34,51H,13-14,17-18H2,1-8H3/t19-,28-,29-,30+,31-,32+,33-,34+,38+,39+,40-,41+/m1/s1. The Morgan fingerprint density at radius 2 is 1.44 bits per heavy atom. The van der Waals surface area contributed by atoms with Gasteiger partial charge in [0.25, 0.3) is 0 Å². The van der Waals surface area contributed by atoms with E-state index in [9.17, 15) is 43.5 Å². The van der Waals surface area contributed by atoms with E-state index in [4.69, 9.17) is 47.0 Å². The van der Waals surface area contributed by atoms with Crippen LogP contribution in [0, 0.1) is 17.3 Å². The van der Waals surface area contributed by atoms with Gasteiger partial charge in [-0.3, -0.25) is 33.8 Å². The van der Waals surface area contributed by atoms with Gasteiger partial charge in [-0.05, 0) is 51.0 Å². The number of hydrogen-bond donors (Lipinski definition) is 1. The molecule has 0 radical (unpaired) electrons. The molecule has 20 heteroatoms. The number of aryl methyl sites for hydroxylation is 1. The molecule has 6 rings (SSSR count). The quantitative estimate of drug-likeness (QED) is 0.293. The Morgan fingerprint density at radius 1 is 0.820 bits per heavy atom. The Labute approximate surface area is 348 Å². The van der Waals surface area contributed by atoms with E-state index in [-0.39, 0.29) is 24.1 Å². The number of rotatable bonds is 8. The number of pyridine rings is 1. The molecule has 61 heavy (non-hydrogen) atoms. The van der Waals surface area contributed by atoms with Gasteiger partial charge in [-0.2, -0.15) is 0 Å². The van der Waals surface area contributed by atoms with Crippen molar-refractivity contribution in [3.05, 3.63) is 53.7 Å². The number of aliphatic hydroxyl groups is 1. The summed E-state index contributed by atoms with van der Waals surface area (Å²) in [5.41, 5.74) is -10.2. The Morgan fingerprint density at radius 3 is 2.03 bits per heavy atom. The summed E-state index contributed by atoms with van der Waals surface area (Å²) in [6.45, 7) is 7.02. The minimum Gasteiger partial charge on any atom is -0.465 e. The second-order valence-electron chi connectivity index (χ2n) is 16.0. The molecule has 0 unspecified atom stereocenters. The van der Waals surface area contributed by atoms with Crippen molar-refractivity contribution in [3.8, 4) is 0 Å². The second-order valence-corrected chi connectivity index (χ2v) is 16.0. The van der Waals surface area contributed by atoms with Crippen LogP contribution in [-0.2, 0) is 77.8 Å². The van der Waals surface area contributed by atoms with Crippen molar-refractivity contribution < 1.29 is 90.5 Å². The lowest BCUT2D eigenvalue weighted by Crippen LogP contribution is -2.89. The van der Waals surface area contributed by atoms with Gasteiger partial charge in [-0.15, -0.1) is 0 Å². The number of esters is 8. The Hall–Kier alpha value is -5.89. The summed E-state index contributed by atoms with van der Waals surface area (Å²) in [6.07, 6.45) is -9.67. The molecule has 330 valence electrons. The fraction of sp³-hybridized carbons (Fsp3) is 0.585. The summed E-state index contributed by atoms with van der Waals surface area (Å²) in [6, 6.07) is 5.53. The molecule has 1 spiro atoms. The smallest absolute Gasteiger partial charge is 0.374 e. The van der Waals surface area contributed by atoms with Crippen molar-refractivity contribution in [2.24, 2.45) is 17.3 Å². The van der Waals surface area contributed by atoms with Gasteiger partial charge in [0.05, 0.1) is 29.4 Å². The van der Waals surface area contributed by atoms with Crippen LogP contribution in [0.3, 0.4) is 0 Å². The molecule has 4 heterocycles. The lowest BCUT2D eigenvalue weighted by molar-refractivity contribution is -0.386. The van der Waals surface area contributed by atoms with Crippen molar-refractivity contribution in [3.63, 3.8) is 0 Å². The number of furan rings is 1. The van der Waals surface area contributed by atoms with Crippen molar-refractivity contribution in [1.82, 2.24) is 4.98 Å². The summed E-state index contributed by atoms with van der Waals surface area (Å²) < 4.78 is 60.2. The Kier molecular flexibility index (Phi) is 12.1. The fourth-order valence-corrected chi connectivity index (χ4v) is 9.54. The maximum Gasteiger partial charge on any atom is 0.374 e. The van der Waals surface area contributed by atoms with E-state index in [1.165, 1.54) is 44.3 Å². The first-order valence-corrected chi connectivity index (χ1v) is 19.4. The summed E-state index contributed by atoms with van der Waals surface area (Å²) >= 11 is 0. The number of ether oxygens (including phenoxy) is 9. The fourth-order valence-electron chi connectivity index (χ4n) is 9.54. The normalized spacial score (nSPS) is 35.4. The van der Waals surface area contributed by atoms with Crippen LogP contribution in [-0.4, -0.2) is 124 Å². The van der Waals surface area contributed by atoms with Crippen LogP contribution < -0.4 is 0 Å². The first kappa shape index (κ1) is 44.7. The van der Waals surface area contributed by atoms with Crippen LogP contribution in [0.2, 0.25) is 0 Å². The number of nitrogens with zero attached hydrogens (tertiary/aromatic N) is 1. The van der Waals surface area contributed by atoms with Crippen LogP contribution in [0.1, 0.15) is 88.4 Å². The van der Waals surface area contributed by atoms with Crippen LogP contribution in [0.5, 0.6) is 0 Å². The van der Waals surface area contributed by atoms with E-state index < -0.39 is 137 Å². The summed E-state index contributed by atoms with van der Waals surface area (Å²) in [4.78, 5) is 113. The number of carbonyl (C=O) groups is 8. The van der Waals surface area contributed by atoms with Crippen LogP contribution >= 0.6 is 0 Å². The van der Waals surface area contributed by atoms with E-state index in [1.54, 1.807) is 0 Å². The van der Waals surface area contributed by atoms with Gasteiger partial charge >= 0.3 is 47.8 Å². The Balaban J connectivity index is 1.77. The second kappa shape index (κ2) is 16.5. The van der Waals surface area contributed by atoms with Crippen LogP contribution in [0.25, 0.3) is 0 Å². The number of fused-ring (bicyclic) bond motifs is 5. The zero-order valence-corrected chi connectivity index (χ0v) is 34.7. The lowest BCUT2D eigenvalue weighted by Gasteiger charge is -2.67. The Bertz CT molecular complexity index is 2100. The molecule has 2 aromatic rings. The molecule has 1 N–H and O–H groups in total. The lowest BCUT2D eigenvalue weighted by atomic mass is 9.45. The minimum atomic E-state index is -2.88. The molecule has 2 aromatic heterocycles. The van der Waals surface area contributed by atoms with Gasteiger partial charge in [-0.25, -0.2) is 9.59 Å². The van der Waals surface area contributed by atoms with Crippen molar-refractivity contribution in [1.29, 1.82) is 0 Å². The topological polar surface area (TPSA) is 266 Å². The summed E-state index contributed by atoms with van der Waals surface area (Å²) in [5, 5.41) is 13.6. The number of hydrogen-bond acceptors (Lipinski definition) is 20. The predicted octanol–water partition coefficient (Wildman–Crippen LogP) is 1.75. The molecule has 2 saturated carbocycles. The number of aromatic nitrogens is 1. The van der Waals surface area contributed by atoms with E-state index in [1.807, 2.05) is 0 Å². The zero-order chi connectivity index (χ0) is 44.8. The van der Waals surface area contributed by atoms with E-state index >= 15 is 0 Å². The average molecular weight is 858 g/mol. The SMILES string of the molecule is CC(=O)OC[C@]12[C@H](OC(C)=O)[C@H](OC(C)=O)[C@@H]3[C@@H](OC(C)=O)[C@@]14O[C@@]3(C)COC(=O)c1cccnc1CC[C@@H](C)C(=O)O[C@@H]([C@H](OC(=O)c1ccco1)[C@@H]2OC(C)=O)[C@]4(C)O. The minimum absolute atomic E-state index is 0.0151. The average Bonchev–Trinajstić information content (AvgIpc) is 3.79. The first-order chi connectivity index (χ1) is 28.6. The maximum atomic E-state index is 14.3. The van der Waals surface area contributed by atoms with Crippen molar-refractivity contribution >= 4 is 47.8 Å². The van der Waals surface area contributed by atoms with Gasteiger partial charge in [0.1, 0.15) is 42.0 Å². The third-order valence-electron chi connectivity index (χ3n) is 11.8. The molecule has 3 fully saturated rings. The van der Waals surface area contributed by atoms with Crippen molar-refractivity contribution in [2.45, 2.75) is 122 Å². The van der Waals surface area contributed by atoms with Gasteiger partial charge in [0, 0.05) is 40.8 Å². The van der Waals surface area contributed by atoms with Crippen LogP contribution in [0.15, 0.2) is 41.1 Å². The van der Waals surface area contributed by atoms with Gasteiger partial charge in [0.15, 0.2) is 30.0 Å². The predicted molar refractivity (Wildman–Crippen MR) is 197 cm³/mol. The molecule has 20 nitrogen and oxygen atoms in total. The van der Waals surface area contributed by atoms with Gasteiger partial charge in [0.2, 0.25) is 5.76 Å². The molecule has 2 aliphatic carbocycles. The van der Waals surface area contributed by atoms with Crippen molar-refractivity contribution in [2.75, 3.05) is 13.2 Å².